The van der Waals surface area contributed by atoms with E-state index in [0.717, 1.165) is 19.1 Å². The Morgan fingerprint density at radius 3 is 2.17 bits per heavy atom. The van der Waals surface area contributed by atoms with Crippen LogP contribution in [-0.4, -0.2) is 19.3 Å². The van der Waals surface area contributed by atoms with Crippen molar-refractivity contribution in [2.24, 2.45) is 17.6 Å². The maximum Gasteiger partial charge on any atom is 0.0531 e. The summed E-state index contributed by atoms with van der Waals surface area (Å²) in [6.07, 6.45) is 6.93. The Bertz CT molecular complexity index is 139. The van der Waals surface area contributed by atoms with E-state index >= 15 is 0 Å². The van der Waals surface area contributed by atoms with Crippen LogP contribution in [0, 0.1) is 11.8 Å². The summed E-state index contributed by atoms with van der Waals surface area (Å²) in [6.45, 7) is 1.83. The van der Waals surface area contributed by atoms with Crippen molar-refractivity contribution in [1.29, 1.82) is 0 Å². The van der Waals surface area contributed by atoms with Crippen molar-refractivity contribution < 1.29 is 4.74 Å². The predicted octanol–water partition coefficient (Wildman–Crippen LogP) is 1.54. The molecule has 1 atom stereocenters. The van der Waals surface area contributed by atoms with Crippen LogP contribution in [0.5, 0.6) is 0 Å². The van der Waals surface area contributed by atoms with Crippen molar-refractivity contribution in [3.63, 3.8) is 0 Å². The Morgan fingerprint density at radius 1 is 1.00 bits per heavy atom. The van der Waals surface area contributed by atoms with E-state index in [2.05, 4.69) is 0 Å². The van der Waals surface area contributed by atoms with Crippen LogP contribution in [0.3, 0.4) is 0 Å². The zero-order valence-corrected chi connectivity index (χ0v) is 7.67. The lowest BCUT2D eigenvalue weighted by molar-refractivity contribution is -0.0548. The molecule has 1 aliphatic heterocycles. The van der Waals surface area contributed by atoms with Crippen LogP contribution >= 0.6 is 0 Å². The van der Waals surface area contributed by atoms with Crippen molar-refractivity contribution >= 4 is 0 Å². The van der Waals surface area contributed by atoms with E-state index in [1.54, 1.807) is 0 Å². The van der Waals surface area contributed by atoms with Gasteiger partial charge in [0.2, 0.25) is 0 Å². The highest BCUT2D eigenvalue weighted by Crippen LogP contribution is 2.30. The molecule has 1 saturated heterocycles. The van der Waals surface area contributed by atoms with E-state index in [1.807, 2.05) is 0 Å². The van der Waals surface area contributed by atoms with E-state index in [1.165, 1.54) is 32.1 Å². The molecule has 12 heavy (non-hydrogen) atoms. The third-order valence-corrected chi connectivity index (χ3v) is 3.40. The summed E-state index contributed by atoms with van der Waals surface area (Å²) in [5, 5.41) is 0. The van der Waals surface area contributed by atoms with Gasteiger partial charge in [-0.1, -0.05) is 19.3 Å². The second-order valence-electron chi connectivity index (χ2n) is 4.27. The van der Waals surface area contributed by atoms with Crippen LogP contribution in [0.2, 0.25) is 0 Å². The Kier molecular flexibility index (Phi) is 2.66. The Balaban J connectivity index is 1.80. The number of hydrogen-bond acceptors (Lipinski definition) is 2. The fraction of sp³-hybridized carbons (Fsp3) is 1.00. The second-order valence-corrected chi connectivity index (χ2v) is 4.27. The average molecular weight is 169 g/mol. The quantitative estimate of drug-likeness (QED) is 0.680. The molecule has 1 unspecified atom stereocenters. The maximum atomic E-state index is 6.17. The van der Waals surface area contributed by atoms with E-state index < -0.39 is 0 Å². The Morgan fingerprint density at radius 2 is 1.67 bits per heavy atom. The highest BCUT2D eigenvalue weighted by atomic mass is 16.5. The van der Waals surface area contributed by atoms with E-state index in [9.17, 15) is 0 Å². The van der Waals surface area contributed by atoms with Crippen molar-refractivity contribution in [2.45, 2.75) is 38.1 Å². The Labute approximate surface area is 74.5 Å². The molecule has 2 aliphatic rings. The van der Waals surface area contributed by atoms with Crippen LogP contribution in [-0.2, 0) is 4.74 Å². The molecule has 1 heterocycles. The number of ether oxygens (including phenoxy) is 1. The fourth-order valence-electron chi connectivity index (χ4n) is 2.38. The topological polar surface area (TPSA) is 35.2 Å². The van der Waals surface area contributed by atoms with Gasteiger partial charge in [-0.15, -0.1) is 0 Å². The molecule has 2 rings (SSSR count). The van der Waals surface area contributed by atoms with Crippen LogP contribution < -0.4 is 5.73 Å². The standard InChI is InChI=1S/C10H19NO/c11-10(9-6-12-7-9)8-4-2-1-3-5-8/h8-10H,1-7,11H2. The van der Waals surface area contributed by atoms with Crippen LogP contribution in [0.4, 0.5) is 0 Å². The van der Waals surface area contributed by atoms with Gasteiger partial charge < -0.3 is 10.5 Å². The van der Waals surface area contributed by atoms with E-state index in [-0.39, 0.29) is 0 Å². The minimum atomic E-state index is 0.430. The van der Waals surface area contributed by atoms with Gasteiger partial charge in [0.15, 0.2) is 0 Å². The van der Waals surface area contributed by atoms with Gasteiger partial charge in [0, 0.05) is 12.0 Å². The highest BCUT2D eigenvalue weighted by Gasteiger charge is 2.31. The molecule has 0 bridgehead atoms. The zero-order chi connectivity index (χ0) is 8.39. The van der Waals surface area contributed by atoms with Crippen molar-refractivity contribution in [3.05, 3.63) is 0 Å². The molecule has 1 saturated carbocycles. The Hall–Kier alpha value is -0.0800. The van der Waals surface area contributed by atoms with Gasteiger partial charge >= 0.3 is 0 Å². The molecule has 0 aromatic rings. The molecule has 0 spiro atoms. The minimum Gasteiger partial charge on any atom is -0.381 e. The summed E-state index contributed by atoms with van der Waals surface area (Å²) in [6, 6.07) is 0.430. The largest absolute Gasteiger partial charge is 0.381 e. The number of rotatable bonds is 2. The monoisotopic (exact) mass is 169 g/mol. The lowest BCUT2D eigenvalue weighted by Gasteiger charge is -2.37. The predicted molar refractivity (Wildman–Crippen MR) is 48.9 cm³/mol. The molecule has 2 nitrogen and oxygen atoms in total. The van der Waals surface area contributed by atoms with Crippen LogP contribution in [0.1, 0.15) is 32.1 Å². The van der Waals surface area contributed by atoms with Crippen LogP contribution in [0.15, 0.2) is 0 Å². The summed E-state index contributed by atoms with van der Waals surface area (Å²) in [4.78, 5) is 0. The molecular formula is C10H19NO. The van der Waals surface area contributed by atoms with Gasteiger partial charge in [-0.3, -0.25) is 0 Å². The van der Waals surface area contributed by atoms with Crippen molar-refractivity contribution in [3.8, 4) is 0 Å². The van der Waals surface area contributed by atoms with Gasteiger partial charge in [0.05, 0.1) is 13.2 Å². The lowest BCUT2D eigenvalue weighted by atomic mass is 9.78. The molecule has 2 heteroatoms. The molecule has 2 N–H and O–H groups in total. The van der Waals surface area contributed by atoms with Gasteiger partial charge in [-0.25, -0.2) is 0 Å². The smallest absolute Gasteiger partial charge is 0.0531 e. The summed E-state index contributed by atoms with van der Waals surface area (Å²) in [5.41, 5.74) is 6.17. The van der Waals surface area contributed by atoms with Crippen LogP contribution in [0.25, 0.3) is 0 Å². The summed E-state index contributed by atoms with van der Waals surface area (Å²) >= 11 is 0. The SMILES string of the molecule is NC(C1CCCCC1)C1COC1. The van der Waals surface area contributed by atoms with Crippen molar-refractivity contribution in [2.75, 3.05) is 13.2 Å². The van der Waals surface area contributed by atoms with Gasteiger partial charge in [-0.2, -0.15) is 0 Å². The first-order valence-electron chi connectivity index (χ1n) is 5.21. The minimum absolute atomic E-state index is 0.430. The van der Waals surface area contributed by atoms with Crippen molar-refractivity contribution in [1.82, 2.24) is 0 Å². The molecule has 0 radical (unpaired) electrons. The molecule has 0 aromatic carbocycles. The summed E-state index contributed by atoms with van der Waals surface area (Å²) in [7, 11) is 0. The van der Waals surface area contributed by atoms with Gasteiger partial charge in [-0.05, 0) is 18.8 Å². The summed E-state index contributed by atoms with van der Waals surface area (Å²) < 4.78 is 5.17. The molecule has 2 fully saturated rings. The first-order chi connectivity index (χ1) is 5.88. The second kappa shape index (κ2) is 3.75. The summed E-state index contributed by atoms with van der Waals surface area (Å²) in [5.74, 6) is 1.47. The number of hydrogen-bond donors (Lipinski definition) is 1. The highest BCUT2D eigenvalue weighted by molar-refractivity contribution is 4.85. The normalized spacial score (nSPS) is 29.8. The molecule has 70 valence electrons. The molecular weight excluding hydrogens is 150 g/mol. The molecule has 0 amide bonds. The van der Waals surface area contributed by atoms with Gasteiger partial charge in [0.25, 0.3) is 0 Å². The third-order valence-electron chi connectivity index (χ3n) is 3.40. The first kappa shape index (κ1) is 8.52. The number of nitrogens with two attached hydrogens (primary N) is 1. The molecule has 1 aliphatic carbocycles. The first-order valence-corrected chi connectivity index (χ1v) is 5.21. The van der Waals surface area contributed by atoms with E-state index in [0.29, 0.717) is 12.0 Å². The maximum absolute atomic E-state index is 6.17. The van der Waals surface area contributed by atoms with E-state index in [4.69, 9.17) is 10.5 Å². The average Bonchev–Trinajstić information content (AvgIpc) is 2.03. The fourth-order valence-corrected chi connectivity index (χ4v) is 2.38. The zero-order valence-electron chi connectivity index (χ0n) is 7.67. The van der Waals surface area contributed by atoms with Gasteiger partial charge in [0.1, 0.15) is 0 Å². The molecule has 0 aromatic heterocycles. The third kappa shape index (κ3) is 1.64. The lowest BCUT2D eigenvalue weighted by Crippen LogP contribution is -2.47.